The lowest BCUT2D eigenvalue weighted by molar-refractivity contribution is -0.121. The van der Waals surface area contributed by atoms with Crippen molar-refractivity contribution in [2.24, 2.45) is 0 Å². The van der Waals surface area contributed by atoms with Gasteiger partial charge in [-0.3, -0.25) is 9.59 Å². The Labute approximate surface area is 144 Å². The molecule has 8 heteroatoms. The summed E-state index contributed by atoms with van der Waals surface area (Å²) in [6.45, 7) is 0.936. The largest absolute Gasteiger partial charge is 0.385 e. The molecule has 1 amide bonds. The van der Waals surface area contributed by atoms with E-state index in [4.69, 9.17) is 4.74 Å². The third-order valence-electron chi connectivity index (χ3n) is 3.70. The van der Waals surface area contributed by atoms with Crippen LogP contribution in [0.2, 0.25) is 0 Å². The van der Waals surface area contributed by atoms with E-state index in [1.54, 1.807) is 13.2 Å². The lowest BCUT2D eigenvalue weighted by Gasteiger charge is -2.06. The fourth-order valence-electron chi connectivity index (χ4n) is 2.44. The first-order valence-corrected chi connectivity index (χ1v) is 7.95. The number of fused-ring (bicyclic) bond motifs is 1. The molecule has 0 unspecified atom stereocenters. The summed E-state index contributed by atoms with van der Waals surface area (Å²) in [5, 5.41) is 11.1. The maximum atomic E-state index is 12.5. The molecule has 0 fully saturated rings. The zero-order valence-corrected chi connectivity index (χ0v) is 13.9. The SMILES string of the molecule is COCCCNC(=O)Cn1ncn2nc(-c3ccccc3)cc2c1=O. The Bertz CT molecular complexity index is 917. The number of ether oxygens (including phenoxy) is 1. The zero-order valence-electron chi connectivity index (χ0n) is 13.9. The molecule has 0 bridgehead atoms. The Morgan fingerprint density at radius 2 is 2.08 bits per heavy atom. The number of rotatable bonds is 7. The quantitative estimate of drug-likeness (QED) is 0.639. The van der Waals surface area contributed by atoms with Crippen molar-refractivity contribution in [3.8, 4) is 11.3 Å². The van der Waals surface area contributed by atoms with Gasteiger partial charge in [0.25, 0.3) is 5.56 Å². The van der Waals surface area contributed by atoms with Crippen LogP contribution in [-0.4, -0.2) is 45.6 Å². The van der Waals surface area contributed by atoms with Crippen molar-refractivity contribution in [3.05, 3.63) is 53.1 Å². The van der Waals surface area contributed by atoms with Crippen LogP contribution in [0, 0.1) is 0 Å². The molecule has 0 aliphatic carbocycles. The van der Waals surface area contributed by atoms with Crippen LogP contribution in [0.4, 0.5) is 0 Å². The number of carbonyl (C=O) groups excluding carboxylic acids is 1. The van der Waals surface area contributed by atoms with Gasteiger partial charge in [0.1, 0.15) is 18.4 Å². The number of nitrogens with one attached hydrogen (secondary N) is 1. The van der Waals surface area contributed by atoms with E-state index in [0.717, 1.165) is 10.2 Å². The summed E-state index contributed by atoms with van der Waals surface area (Å²) >= 11 is 0. The first kappa shape index (κ1) is 16.8. The first-order chi connectivity index (χ1) is 12.2. The van der Waals surface area contributed by atoms with Gasteiger partial charge in [-0.05, 0) is 12.5 Å². The average Bonchev–Trinajstić information content (AvgIpc) is 3.07. The van der Waals surface area contributed by atoms with Gasteiger partial charge in [-0.25, -0.2) is 9.20 Å². The van der Waals surface area contributed by atoms with Gasteiger partial charge in [0.05, 0.1) is 5.69 Å². The minimum atomic E-state index is -0.357. The van der Waals surface area contributed by atoms with Crippen molar-refractivity contribution in [2.75, 3.05) is 20.3 Å². The second kappa shape index (κ2) is 7.71. The number of aromatic nitrogens is 4. The predicted octanol–water partition coefficient (Wildman–Crippen LogP) is 0.711. The molecule has 0 aliphatic rings. The topological polar surface area (TPSA) is 90.5 Å². The van der Waals surface area contributed by atoms with Crippen LogP contribution in [0.15, 0.2) is 47.5 Å². The van der Waals surface area contributed by atoms with Crippen LogP contribution in [-0.2, 0) is 16.1 Å². The molecule has 1 aromatic carbocycles. The first-order valence-electron chi connectivity index (χ1n) is 7.95. The Morgan fingerprint density at radius 3 is 2.84 bits per heavy atom. The second-order valence-corrected chi connectivity index (χ2v) is 5.52. The molecule has 0 saturated carbocycles. The number of benzene rings is 1. The van der Waals surface area contributed by atoms with Crippen LogP contribution < -0.4 is 10.9 Å². The third-order valence-corrected chi connectivity index (χ3v) is 3.70. The monoisotopic (exact) mass is 341 g/mol. The summed E-state index contributed by atoms with van der Waals surface area (Å²) in [4.78, 5) is 24.4. The summed E-state index contributed by atoms with van der Waals surface area (Å²) in [5.74, 6) is -0.266. The Morgan fingerprint density at radius 1 is 1.28 bits per heavy atom. The summed E-state index contributed by atoms with van der Waals surface area (Å²) in [5.41, 5.74) is 1.61. The molecule has 25 heavy (non-hydrogen) atoms. The molecule has 0 atom stereocenters. The third kappa shape index (κ3) is 3.92. The van der Waals surface area contributed by atoms with Crippen molar-refractivity contribution < 1.29 is 9.53 Å². The van der Waals surface area contributed by atoms with Crippen LogP contribution in [0.5, 0.6) is 0 Å². The van der Waals surface area contributed by atoms with E-state index >= 15 is 0 Å². The number of hydrogen-bond acceptors (Lipinski definition) is 5. The van der Waals surface area contributed by atoms with E-state index in [-0.39, 0.29) is 18.0 Å². The maximum Gasteiger partial charge on any atom is 0.293 e. The molecule has 8 nitrogen and oxygen atoms in total. The molecular formula is C17H19N5O3. The van der Waals surface area contributed by atoms with Crippen molar-refractivity contribution in [1.29, 1.82) is 0 Å². The maximum absolute atomic E-state index is 12.5. The van der Waals surface area contributed by atoms with Gasteiger partial charge in [-0.1, -0.05) is 30.3 Å². The number of nitrogens with zero attached hydrogens (tertiary/aromatic N) is 4. The highest BCUT2D eigenvalue weighted by atomic mass is 16.5. The fraction of sp³-hybridized carbons (Fsp3) is 0.294. The lowest BCUT2D eigenvalue weighted by Crippen LogP contribution is -2.34. The van der Waals surface area contributed by atoms with E-state index in [9.17, 15) is 9.59 Å². The highest BCUT2D eigenvalue weighted by Gasteiger charge is 2.11. The van der Waals surface area contributed by atoms with E-state index in [1.807, 2.05) is 30.3 Å². The Balaban J connectivity index is 1.78. The van der Waals surface area contributed by atoms with Gasteiger partial charge in [0, 0.05) is 25.8 Å². The van der Waals surface area contributed by atoms with E-state index < -0.39 is 0 Å². The Kier molecular flexibility index (Phi) is 5.20. The molecule has 130 valence electrons. The number of amides is 1. The van der Waals surface area contributed by atoms with Crippen LogP contribution in [0.1, 0.15) is 6.42 Å². The summed E-state index contributed by atoms with van der Waals surface area (Å²) in [7, 11) is 1.61. The smallest absolute Gasteiger partial charge is 0.293 e. The zero-order chi connectivity index (χ0) is 17.6. The molecule has 0 saturated heterocycles. The number of methoxy groups -OCH3 is 1. The number of carbonyl (C=O) groups is 1. The molecule has 0 aliphatic heterocycles. The van der Waals surface area contributed by atoms with Crippen molar-refractivity contribution in [3.63, 3.8) is 0 Å². The summed E-state index contributed by atoms with van der Waals surface area (Å²) < 4.78 is 7.48. The average molecular weight is 341 g/mol. The van der Waals surface area contributed by atoms with E-state index in [2.05, 4.69) is 15.5 Å². The van der Waals surface area contributed by atoms with Crippen LogP contribution >= 0.6 is 0 Å². The van der Waals surface area contributed by atoms with Crippen molar-refractivity contribution in [2.45, 2.75) is 13.0 Å². The second-order valence-electron chi connectivity index (χ2n) is 5.52. The van der Waals surface area contributed by atoms with Gasteiger partial charge in [-0.2, -0.15) is 10.2 Å². The van der Waals surface area contributed by atoms with Gasteiger partial charge >= 0.3 is 0 Å². The standard InChI is InChI=1S/C17H19N5O3/c1-25-9-5-8-18-16(23)11-21-17(24)15-10-14(20-22(15)12-19-21)13-6-3-2-4-7-13/h2-4,6-7,10,12H,5,8-9,11H2,1H3,(H,18,23). The van der Waals surface area contributed by atoms with E-state index in [0.29, 0.717) is 30.8 Å². The summed E-state index contributed by atoms with van der Waals surface area (Å²) in [6.07, 6.45) is 2.15. The highest BCUT2D eigenvalue weighted by molar-refractivity contribution is 5.75. The molecule has 2 heterocycles. The van der Waals surface area contributed by atoms with Crippen LogP contribution in [0.3, 0.4) is 0 Å². The molecular weight excluding hydrogens is 322 g/mol. The van der Waals surface area contributed by atoms with Crippen molar-refractivity contribution in [1.82, 2.24) is 24.7 Å². The molecule has 3 rings (SSSR count). The highest BCUT2D eigenvalue weighted by Crippen LogP contribution is 2.17. The summed E-state index contributed by atoms with van der Waals surface area (Å²) in [6, 6.07) is 11.3. The fourth-order valence-corrected chi connectivity index (χ4v) is 2.44. The van der Waals surface area contributed by atoms with Gasteiger partial charge in [-0.15, -0.1) is 0 Å². The minimum Gasteiger partial charge on any atom is -0.385 e. The lowest BCUT2D eigenvalue weighted by atomic mass is 10.1. The number of hydrogen-bond donors (Lipinski definition) is 1. The van der Waals surface area contributed by atoms with Gasteiger partial charge in [0.2, 0.25) is 5.91 Å². The predicted molar refractivity (Wildman–Crippen MR) is 92.2 cm³/mol. The van der Waals surface area contributed by atoms with Crippen LogP contribution in [0.25, 0.3) is 16.8 Å². The van der Waals surface area contributed by atoms with Crippen molar-refractivity contribution >= 4 is 11.4 Å². The molecule has 1 N–H and O–H groups in total. The minimum absolute atomic E-state index is 0.131. The Hall–Kier alpha value is -3.00. The molecule has 3 aromatic rings. The molecule has 0 radical (unpaired) electrons. The van der Waals surface area contributed by atoms with Gasteiger partial charge < -0.3 is 10.1 Å². The van der Waals surface area contributed by atoms with Gasteiger partial charge in [0.15, 0.2) is 0 Å². The molecule has 2 aromatic heterocycles. The van der Waals surface area contributed by atoms with E-state index in [1.165, 1.54) is 10.8 Å². The molecule has 0 spiro atoms. The normalized spacial score (nSPS) is 10.9.